The summed E-state index contributed by atoms with van der Waals surface area (Å²) in [6.07, 6.45) is 0. The number of rotatable bonds is 2. The van der Waals surface area contributed by atoms with Gasteiger partial charge in [0.2, 0.25) is 0 Å². The molecule has 0 bridgehead atoms. The van der Waals surface area contributed by atoms with E-state index in [0.29, 0.717) is 0 Å². The van der Waals surface area contributed by atoms with Gasteiger partial charge in [-0.3, -0.25) is 10.1 Å². The van der Waals surface area contributed by atoms with Gasteiger partial charge in [-0.2, -0.15) is 0 Å². The Labute approximate surface area is 110 Å². The molecule has 0 heterocycles. The summed E-state index contributed by atoms with van der Waals surface area (Å²) in [5.41, 5.74) is -0.275. The van der Waals surface area contributed by atoms with E-state index in [2.05, 4.69) is 12.6 Å². The predicted octanol–water partition coefficient (Wildman–Crippen LogP) is 0.816. The van der Waals surface area contributed by atoms with Gasteiger partial charge in [-0.15, -0.1) is 12.6 Å². The Morgan fingerprint density at radius 2 is 2.07 bits per heavy atom. The van der Waals surface area contributed by atoms with E-state index in [-0.39, 0.29) is 45.0 Å². The van der Waals surface area contributed by atoms with Crippen LogP contribution in [0.1, 0.15) is 0 Å². The summed E-state index contributed by atoms with van der Waals surface area (Å²) in [6.45, 7) is 0. The van der Waals surface area contributed by atoms with Crippen LogP contribution in [0.2, 0.25) is 0 Å². The first-order chi connectivity index (χ1) is 6.02. The zero-order valence-corrected chi connectivity index (χ0v) is 7.92. The van der Waals surface area contributed by atoms with Crippen molar-refractivity contribution in [1.82, 2.24) is 0 Å². The Balaban J connectivity index is 0.00000169. The van der Waals surface area contributed by atoms with Gasteiger partial charge in [0.25, 0.3) is 5.69 Å². The molecule has 1 aromatic carbocycles. The molecule has 1 N–H and O–H groups in total. The van der Waals surface area contributed by atoms with E-state index in [1.54, 1.807) is 0 Å². The van der Waals surface area contributed by atoms with E-state index in [4.69, 9.17) is 4.55 Å². The van der Waals surface area contributed by atoms with Gasteiger partial charge in [0.1, 0.15) is 0 Å². The molecule has 0 spiro atoms. The molecule has 0 aliphatic rings. The zero-order chi connectivity index (χ0) is 10.0. The second-order valence-corrected chi connectivity index (χ2v) is 3.61. The molecule has 0 radical (unpaired) electrons. The molecule has 1 rings (SSSR count). The first-order valence-corrected chi connectivity index (χ1v) is 4.66. The fourth-order valence-corrected chi connectivity index (χ4v) is 1.38. The Morgan fingerprint density at radius 3 is 2.50 bits per heavy atom. The molecule has 14 heavy (non-hydrogen) atoms. The second-order valence-electron chi connectivity index (χ2n) is 2.16. The number of nitrogens with zero attached hydrogens (tertiary/aromatic N) is 1. The molecule has 72 valence electrons. The fourth-order valence-electron chi connectivity index (χ4n) is 0.758. The number of nitro groups is 1. The van der Waals surface area contributed by atoms with Crippen LogP contribution in [-0.4, -0.2) is 43.2 Å². The standard InChI is InChI=1S/C6H5NO4S2.Na.H/c8-7(9)5-3-4(13(10)11)1-2-6(5)12;;/h1-3,12H,(H,10,11);;. The van der Waals surface area contributed by atoms with E-state index < -0.39 is 16.0 Å². The van der Waals surface area contributed by atoms with Crippen molar-refractivity contribution < 1.29 is 13.7 Å². The van der Waals surface area contributed by atoms with Gasteiger partial charge < -0.3 is 4.55 Å². The Hall–Kier alpha value is 0.0800. The van der Waals surface area contributed by atoms with Crippen molar-refractivity contribution in [3.05, 3.63) is 28.3 Å². The van der Waals surface area contributed by atoms with Crippen LogP contribution >= 0.6 is 12.6 Å². The molecular formula is C6H6NNaO4S2. The van der Waals surface area contributed by atoms with Crippen molar-refractivity contribution >= 4 is 59.0 Å². The number of nitro benzene ring substituents is 1. The van der Waals surface area contributed by atoms with Crippen LogP contribution in [0, 0.1) is 10.1 Å². The van der Waals surface area contributed by atoms with Crippen LogP contribution in [0.15, 0.2) is 28.0 Å². The summed E-state index contributed by atoms with van der Waals surface area (Å²) in [5.74, 6) is 0. The maximum atomic E-state index is 10.6. The van der Waals surface area contributed by atoms with Gasteiger partial charge in [-0.05, 0) is 12.1 Å². The van der Waals surface area contributed by atoms with Crippen LogP contribution in [0.3, 0.4) is 0 Å². The average Bonchev–Trinajstić information content (AvgIpc) is 2.04. The molecule has 0 saturated carbocycles. The minimum atomic E-state index is -2.20. The van der Waals surface area contributed by atoms with Crippen LogP contribution in [0.25, 0.3) is 0 Å². The molecule has 1 atom stereocenters. The molecule has 0 aliphatic carbocycles. The predicted molar refractivity (Wildman–Crippen MR) is 56.5 cm³/mol. The number of hydrogen-bond donors (Lipinski definition) is 2. The molecule has 0 amide bonds. The molecule has 1 unspecified atom stereocenters. The molecular weight excluding hydrogens is 237 g/mol. The van der Waals surface area contributed by atoms with Crippen molar-refractivity contribution in [2.45, 2.75) is 9.79 Å². The van der Waals surface area contributed by atoms with Crippen LogP contribution in [0.4, 0.5) is 5.69 Å². The Kier molecular flexibility index (Phi) is 5.87. The SMILES string of the molecule is O=[N+]([O-])c1cc(S(=O)O)ccc1S.[NaH]. The van der Waals surface area contributed by atoms with Crippen molar-refractivity contribution in [2.75, 3.05) is 0 Å². The van der Waals surface area contributed by atoms with Gasteiger partial charge in [0, 0.05) is 6.07 Å². The third-order valence-electron chi connectivity index (χ3n) is 1.35. The summed E-state index contributed by atoms with van der Waals surface area (Å²) >= 11 is 1.63. The summed E-state index contributed by atoms with van der Waals surface area (Å²) in [7, 11) is 0. The summed E-state index contributed by atoms with van der Waals surface area (Å²) in [5, 5.41) is 10.4. The van der Waals surface area contributed by atoms with Crippen molar-refractivity contribution in [3.63, 3.8) is 0 Å². The summed E-state index contributed by atoms with van der Waals surface area (Å²) < 4.78 is 19.2. The van der Waals surface area contributed by atoms with Crippen LogP contribution in [-0.2, 0) is 11.1 Å². The van der Waals surface area contributed by atoms with Gasteiger partial charge >= 0.3 is 29.6 Å². The molecule has 5 nitrogen and oxygen atoms in total. The number of benzene rings is 1. The molecule has 0 fully saturated rings. The van der Waals surface area contributed by atoms with E-state index in [1.807, 2.05) is 0 Å². The molecule has 0 aliphatic heterocycles. The van der Waals surface area contributed by atoms with Crippen LogP contribution < -0.4 is 0 Å². The summed E-state index contributed by atoms with van der Waals surface area (Å²) in [4.78, 5) is 9.87. The third-order valence-corrected chi connectivity index (χ3v) is 2.38. The monoisotopic (exact) mass is 243 g/mol. The maximum absolute atomic E-state index is 10.6. The molecule has 0 saturated heterocycles. The van der Waals surface area contributed by atoms with E-state index in [1.165, 1.54) is 12.1 Å². The number of thiol groups is 1. The molecule has 1 aromatic rings. The fraction of sp³-hybridized carbons (Fsp3) is 0. The zero-order valence-electron chi connectivity index (χ0n) is 6.21. The van der Waals surface area contributed by atoms with E-state index in [0.717, 1.165) is 6.07 Å². The molecule has 8 heteroatoms. The number of hydrogen-bond acceptors (Lipinski definition) is 4. The van der Waals surface area contributed by atoms with Crippen molar-refractivity contribution in [2.24, 2.45) is 0 Å². The first-order valence-electron chi connectivity index (χ1n) is 3.10. The average molecular weight is 243 g/mol. The van der Waals surface area contributed by atoms with Crippen molar-refractivity contribution in [1.29, 1.82) is 0 Å². The quantitative estimate of drug-likeness (QED) is 0.265. The Morgan fingerprint density at radius 1 is 1.50 bits per heavy atom. The van der Waals surface area contributed by atoms with Gasteiger partial charge in [0.15, 0.2) is 11.1 Å². The van der Waals surface area contributed by atoms with Gasteiger partial charge in [-0.25, -0.2) is 4.21 Å². The summed E-state index contributed by atoms with van der Waals surface area (Å²) in [6, 6.07) is 3.65. The van der Waals surface area contributed by atoms with Crippen LogP contribution in [0.5, 0.6) is 0 Å². The normalized spacial score (nSPS) is 11.6. The topological polar surface area (TPSA) is 80.4 Å². The third kappa shape index (κ3) is 3.34. The van der Waals surface area contributed by atoms with Gasteiger partial charge in [-0.1, -0.05) is 0 Å². The Bertz CT molecular complexity index is 384. The van der Waals surface area contributed by atoms with E-state index >= 15 is 0 Å². The second kappa shape index (κ2) is 5.84. The molecule has 0 aromatic heterocycles. The minimum absolute atomic E-state index is 0. The van der Waals surface area contributed by atoms with Gasteiger partial charge in [0.05, 0.1) is 14.7 Å². The van der Waals surface area contributed by atoms with E-state index in [9.17, 15) is 14.3 Å². The van der Waals surface area contributed by atoms with Crippen molar-refractivity contribution in [3.8, 4) is 0 Å². The first kappa shape index (κ1) is 14.1.